The standard InChI is InChI=1S/C29H40N2O4/c1-21(2)18-24(20-23-10-6-7-11-26(23)31-16-8-5-9-17-31)30-27(32)19-22-12-14-25(15-13-22)35-29(3,4)28(33)34/h6-7,10-15,21,24H,5,8-9,16-20H2,1-4H3,(H,30,32)(H,33,34). The summed E-state index contributed by atoms with van der Waals surface area (Å²) in [6, 6.07) is 15.7. The molecule has 1 amide bonds. The maximum absolute atomic E-state index is 13.0. The van der Waals surface area contributed by atoms with Gasteiger partial charge in [-0.1, -0.05) is 44.2 Å². The number of carboxylic acid groups (broad SMARTS) is 1. The third-order valence-electron chi connectivity index (χ3n) is 6.45. The van der Waals surface area contributed by atoms with Crippen molar-refractivity contribution < 1.29 is 19.4 Å². The number of rotatable bonds is 11. The SMILES string of the molecule is CC(C)CC(Cc1ccccc1N1CCCCC1)NC(=O)Cc1ccc(OC(C)(C)C(=O)O)cc1. The Labute approximate surface area is 209 Å². The zero-order valence-corrected chi connectivity index (χ0v) is 21.5. The van der Waals surface area contributed by atoms with E-state index in [1.165, 1.54) is 44.4 Å². The summed E-state index contributed by atoms with van der Waals surface area (Å²) >= 11 is 0. The summed E-state index contributed by atoms with van der Waals surface area (Å²) in [5, 5.41) is 12.5. The van der Waals surface area contributed by atoms with E-state index in [1.54, 1.807) is 12.1 Å². The molecule has 3 rings (SSSR count). The number of anilines is 1. The smallest absolute Gasteiger partial charge is 0.347 e. The van der Waals surface area contributed by atoms with Crippen molar-refractivity contribution in [2.45, 2.75) is 77.9 Å². The first-order chi connectivity index (χ1) is 16.6. The van der Waals surface area contributed by atoms with Gasteiger partial charge in [0.25, 0.3) is 0 Å². The third-order valence-corrected chi connectivity index (χ3v) is 6.45. The number of amides is 1. The molecule has 2 aromatic rings. The minimum Gasteiger partial charge on any atom is -0.478 e. The van der Waals surface area contributed by atoms with Crippen LogP contribution < -0.4 is 15.0 Å². The van der Waals surface area contributed by atoms with Crippen LogP contribution in [0.25, 0.3) is 0 Å². The molecule has 0 bridgehead atoms. The van der Waals surface area contributed by atoms with Gasteiger partial charge in [0.1, 0.15) is 5.75 Å². The lowest BCUT2D eigenvalue weighted by molar-refractivity contribution is -0.152. The van der Waals surface area contributed by atoms with Crippen LogP contribution in [-0.4, -0.2) is 41.7 Å². The Morgan fingerprint density at radius 1 is 1.03 bits per heavy atom. The summed E-state index contributed by atoms with van der Waals surface area (Å²) in [7, 11) is 0. The topological polar surface area (TPSA) is 78.9 Å². The van der Waals surface area contributed by atoms with Crippen molar-refractivity contribution in [1.29, 1.82) is 0 Å². The first kappa shape index (κ1) is 26.6. The van der Waals surface area contributed by atoms with Crippen LogP contribution in [0, 0.1) is 5.92 Å². The summed E-state index contributed by atoms with van der Waals surface area (Å²) in [6.45, 7) is 9.59. The highest BCUT2D eigenvalue weighted by atomic mass is 16.5. The zero-order valence-electron chi connectivity index (χ0n) is 21.5. The number of nitrogens with one attached hydrogen (secondary N) is 1. The first-order valence-corrected chi connectivity index (χ1v) is 12.8. The summed E-state index contributed by atoms with van der Waals surface area (Å²) in [6.07, 6.45) is 5.76. The van der Waals surface area contributed by atoms with E-state index < -0.39 is 11.6 Å². The van der Waals surface area contributed by atoms with Crippen molar-refractivity contribution in [3.8, 4) is 5.75 Å². The highest BCUT2D eigenvalue weighted by Gasteiger charge is 2.29. The van der Waals surface area contributed by atoms with Crippen LogP contribution in [0.5, 0.6) is 5.75 Å². The molecule has 1 heterocycles. The molecule has 190 valence electrons. The molecule has 0 saturated carbocycles. The van der Waals surface area contributed by atoms with Gasteiger partial charge < -0.3 is 20.1 Å². The number of carbonyl (C=O) groups is 2. The highest BCUT2D eigenvalue weighted by Crippen LogP contribution is 2.26. The highest BCUT2D eigenvalue weighted by molar-refractivity contribution is 5.79. The van der Waals surface area contributed by atoms with Gasteiger partial charge in [0.15, 0.2) is 5.60 Å². The molecule has 35 heavy (non-hydrogen) atoms. The van der Waals surface area contributed by atoms with E-state index >= 15 is 0 Å². The lowest BCUT2D eigenvalue weighted by atomic mass is 9.95. The number of benzene rings is 2. The van der Waals surface area contributed by atoms with Gasteiger partial charge in [-0.2, -0.15) is 0 Å². The molecular weight excluding hydrogens is 440 g/mol. The Hall–Kier alpha value is -3.02. The predicted molar refractivity (Wildman–Crippen MR) is 140 cm³/mol. The number of carbonyl (C=O) groups excluding carboxylic acids is 1. The number of carboxylic acids is 1. The van der Waals surface area contributed by atoms with Crippen LogP contribution in [0.15, 0.2) is 48.5 Å². The molecule has 6 heteroatoms. The molecule has 0 radical (unpaired) electrons. The monoisotopic (exact) mass is 480 g/mol. The van der Waals surface area contributed by atoms with Gasteiger partial charge in [-0.05, 0) is 81.2 Å². The second kappa shape index (κ2) is 12.1. The molecule has 0 aromatic heterocycles. The molecule has 1 fully saturated rings. The van der Waals surface area contributed by atoms with E-state index in [9.17, 15) is 14.7 Å². The first-order valence-electron chi connectivity index (χ1n) is 12.8. The Morgan fingerprint density at radius 3 is 2.31 bits per heavy atom. The molecule has 2 N–H and O–H groups in total. The number of para-hydroxylation sites is 1. The van der Waals surface area contributed by atoms with E-state index in [2.05, 4.69) is 48.3 Å². The Kier molecular flexibility index (Phi) is 9.19. The molecule has 1 unspecified atom stereocenters. The van der Waals surface area contributed by atoms with E-state index in [0.29, 0.717) is 11.7 Å². The molecule has 1 aliphatic rings. The normalized spacial score (nSPS) is 15.1. The molecule has 6 nitrogen and oxygen atoms in total. The van der Waals surface area contributed by atoms with Gasteiger partial charge in [-0.3, -0.25) is 4.79 Å². The van der Waals surface area contributed by atoms with Crippen LogP contribution in [-0.2, 0) is 22.4 Å². The summed E-state index contributed by atoms with van der Waals surface area (Å²) in [5.74, 6) is -0.102. The number of hydrogen-bond acceptors (Lipinski definition) is 4. The quantitative estimate of drug-likeness (QED) is 0.460. The van der Waals surface area contributed by atoms with Gasteiger partial charge in [-0.25, -0.2) is 4.79 Å². The fraction of sp³-hybridized carbons (Fsp3) is 0.517. The average molecular weight is 481 g/mol. The fourth-order valence-electron chi connectivity index (χ4n) is 4.63. The minimum atomic E-state index is -1.31. The average Bonchev–Trinajstić information content (AvgIpc) is 2.80. The molecule has 1 saturated heterocycles. The summed E-state index contributed by atoms with van der Waals surface area (Å²) in [4.78, 5) is 26.7. The lowest BCUT2D eigenvalue weighted by Crippen LogP contribution is -2.39. The van der Waals surface area contributed by atoms with Crippen molar-refractivity contribution in [2.24, 2.45) is 5.92 Å². The minimum absolute atomic E-state index is 0.00867. The third kappa shape index (κ3) is 8.01. The predicted octanol–water partition coefficient (Wildman–Crippen LogP) is 5.24. The van der Waals surface area contributed by atoms with Crippen LogP contribution in [0.4, 0.5) is 5.69 Å². The lowest BCUT2D eigenvalue weighted by Gasteiger charge is -2.31. The summed E-state index contributed by atoms with van der Waals surface area (Å²) < 4.78 is 5.56. The zero-order chi connectivity index (χ0) is 25.4. The van der Waals surface area contributed by atoms with Gasteiger partial charge in [0, 0.05) is 24.8 Å². The van der Waals surface area contributed by atoms with Gasteiger partial charge in [0.2, 0.25) is 5.91 Å². The Morgan fingerprint density at radius 2 is 1.69 bits per heavy atom. The fourth-order valence-corrected chi connectivity index (χ4v) is 4.63. The summed E-state index contributed by atoms with van der Waals surface area (Å²) in [5.41, 5.74) is 2.14. The maximum Gasteiger partial charge on any atom is 0.347 e. The van der Waals surface area contributed by atoms with E-state index in [4.69, 9.17) is 4.74 Å². The van der Waals surface area contributed by atoms with Crippen LogP contribution in [0.2, 0.25) is 0 Å². The van der Waals surface area contributed by atoms with Gasteiger partial charge in [-0.15, -0.1) is 0 Å². The largest absolute Gasteiger partial charge is 0.478 e. The van der Waals surface area contributed by atoms with Gasteiger partial charge >= 0.3 is 5.97 Å². The molecule has 1 atom stereocenters. The van der Waals surface area contributed by atoms with Crippen molar-refractivity contribution in [1.82, 2.24) is 5.32 Å². The number of piperidine rings is 1. The number of hydrogen-bond donors (Lipinski definition) is 2. The van der Waals surface area contributed by atoms with Crippen molar-refractivity contribution in [3.05, 3.63) is 59.7 Å². The van der Waals surface area contributed by atoms with Crippen LogP contribution in [0.3, 0.4) is 0 Å². The molecule has 1 aliphatic heterocycles. The molecule has 0 spiro atoms. The Balaban J connectivity index is 1.64. The molecule has 0 aliphatic carbocycles. The molecule has 2 aromatic carbocycles. The van der Waals surface area contributed by atoms with E-state index in [-0.39, 0.29) is 18.4 Å². The second-order valence-corrected chi connectivity index (χ2v) is 10.5. The van der Waals surface area contributed by atoms with E-state index in [0.717, 1.165) is 31.5 Å². The van der Waals surface area contributed by atoms with Crippen LogP contribution >= 0.6 is 0 Å². The van der Waals surface area contributed by atoms with Gasteiger partial charge in [0.05, 0.1) is 6.42 Å². The number of nitrogens with zero attached hydrogens (tertiary/aromatic N) is 1. The van der Waals surface area contributed by atoms with Crippen molar-refractivity contribution in [3.63, 3.8) is 0 Å². The Bertz CT molecular complexity index is 978. The van der Waals surface area contributed by atoms with Crippen molar-refractivity contribution >= 4 is 17.6 Å². The van der Waals surface area contributed by atoms with Crippen LogP contribution in [0.1, 0.15) is 64.5 Å². The van der Waals surface area contributed by atoms with E-state index in [1.807, 2.05) is 12.1 Å². The number of aliphatic carboxylic acids is 1. The number of ether oxygens (including phenoxy) is 1. The maximum atomic E-state index is 13.0. The second-order valence-electron chi connectivity index (χ2n) is 10.5. The molecular formula is C29H40N2O4. The van der Waals surface area contributed by atoms with Crippen molar-refractivity contribution in [2.75, 3.05) is 18.0 Å².